The van der Waals surface area contributed by atoms with E-state index in [1.54, 1.807) is 6.92 Å². The maximum absolute atomic E-state index is 12.3. The van der Waals surface area contributed by atoms with Gasteiger partial charge in [-0.15, -0.1) is 0 Å². The Labute approximate surface area is 164 Å². The van der Waals surface area contributed by atoms with Crippen LogP contribution in [0.15, 0.2) is 16.8 Å². The zero-order chi connectivity index (χ0) is 19.2. The molecule has 3 rings (SSSR count). The Morgan fingerprint density at radius 3 is 2.26 bits per heavy atom. The second kappa shape index (κ2) is 9.32. The first-order valence-electron chi connectivity index (χ1n) is 9.61. The van der Waals surface area contributed by atoms with E-state index in [9.17, 15) is 14.4 Å². The van der Waals surface area contributed by atoms with Crippen molar-refractivity contribution in [1.82, 2.24) is 20.4 Å². The summed E-state index contributed by atoms with van der Waals surface area (Å²) in [6.07, 6.45) is 3.37. The monoisotopic (exact) mass is 392 g/mol. The third-order valence-corrected chi connectivity index (χ3v) is 6.06. The van der Waals surface area contributed by atoms with Gasteiger partial charge in [0, 0.05) is 56.1 Å². The van der Waals surface area contributed by atoms with Gasteiger partial charge in [-0.25, -0.2) is 0 Å². The van der Waals surface area contributed by atoms with Gasteiger partial charge in [-0.3, -0.25) is 19.3 Å². The average Bonchev–Trinajstić information content (AvgIpc) is 3.18. The van der Waals surface area contributed by atoms with Crippen LogP contribution in [0.3, 0.4) is 0 Å². The van der Waals surface area contributed by atoms with Crippen LogP contribution in [0.4, 0.5) is 0 Å². The number of hydrogen-bond donors (Lipinski definition) is 2. The van der Waals surface area contributed by atoms with E-state index in [-0.39, 0.29) is 29.8 Å². The molecule has 7 nitrogen and oxygen atoms in total. The maximum Gasteiger partial charge on any atom is 0.252 e. The molecule has 2 aliphatic rings. The van der Waals surface area contributed by atoms with Gasteiger partial charge in [0.25, 0.3) is 5.91 Å². The SMILES string of the molecule is CC(=O)N1CCC(NC(=O)CN2CCC(NC(=O)c3ccsc3)CC2)CC1. The third-order valence-electron chi connectivity index (χ3n) is 5.38. The number of likely N-dealkylation sites (tertiary alicyclic amines) is 2. The molecule has 3 heterocycles. The van der Waals surface area contributed by atoms with Crippen LogP contribution in [0.5, 0.6) is 0 Å². The molecular weight excluding hydrogens is 364 g/mol. The van der Waals surface area contributed by atoms with Crippen LogP contribution in [0.2, 0.25) is 0 Å². The Morgan fingerprint density at radius 1 is 1.04 bits per heavy atom. The largest absolute Gasteiger partial charge is 0.352 e. The van der Waals surface area contributed by atoms with Gasteiger partial charge in [0.2, 0.25) is 11.8 Å². The molecule has 2 fully saturated rings. The summed E-state index contributed by atoms with van der Waals surface area (Å²) in [6.45, 7) is 5.05. The van der Waals surface area contributed by atoms with Crippen LogP contribution < -0.4 is 10.6 Å². The second-order valence-electron chi connectivity index (χ2n) is 7.38. The predicted octanol–water partition coefficient (Wildman–Crippen LogP) is 1.07. The van der Waals surface area contributed by atoms with Crippen molar-refractivity contribution in [3.05, 3.63) is 22.4 Å². The van der Waals surface area contributed by atoms with E-state index in [0.717, 1.165) is 57.4 Å². The standard InChI is InChI=1S/C19H28N4O3S/c1-14(24)23-9-4-16(5-10-23)20-18(25)12-22-7-2-17(3-8-22)21-19(26)15-6-11-27-13-15/h6,11,13,16-17H,2-5,7-10,12H2,1H3,(H,20,25)(H,21,26). The van der Waals surface area contributed by atoms with Gasteiger partial charge in [-0.05, 0) is 37.1 Å². The van der Waals surface area contributed by atoms with Crippen LogP contribution in [-0.4, -0.2) is 72.3 Å². The van der Waals surface area contributed by atoms with Crippen molar-refractivity contribution < 1.29 is 14.4 Å². The highest BCUT2D eigenvalue weighted by atomic mass is 32.1. The maximum atomic E-state index is 12.3. The van der Waals surface area contributed by atoms with E-state index in [0.29, 0.717) is 6.54 Å². The number of thiophene rings is 1. The highest BCUT2D eigenvalue weighted by Crippen LogP contribution is 2.13. The van der Waals surface area contributed by atoms with Gasteiger partial charge in [-0.1, -0.05) is 0 Å². The fourth-order valence-corrected chi connectivity index (χ4v) is 4.35. The molecular formula is C19H28N4O3S. The van der Waals surface area contributed by atoms with Crippen molar-refractivity contribution in [3.63, 3.8) is 0 Å². The number of carbonyl (C=O) groups is 3. The molecule has 0 spiro atoms. The Hall–Kier alpha value is -1.93. The number of carbonyl (C=O) groups excluding carboxylic acids is 3. The second-order valence-corrected chi connectivity index (χ2v) is 8.16. The van der Waals surface area contributed by atoms with Crippen molar-refractivity contribution in [2.24, 2.45) is 0 Å². The van der Waals surface area contributed by atoms with Gasteiger partial charge < -0.3 is 15.5 Å². The molecule has 2 aliphatic heterocycles. The van der Waals surface area contributed by atoms with Crippen molar-refractivity contribution >= 4 is 29.1 Å². The number of nitrogens with one attached hydrogen (secondary N) is 2. The van der Waals surface area contributed by atoms with E-state index < -0.39 is 0 Å². The molecule has 148 valence electrons. The van der Waals surface area contributed by atoms with E-state index in [2.05, 4.69) is 15.5 Å². The van der Waals surface area contributed by atoms with Crippen LogP contribution in [0.1, 0.15) is 43.0 Å². The van der Waals surface area contributed by atoms with Crippen molar-refractivity contribution in [3.8, 4) is 0 Å². The highest BCUT2D eigenvalue weighted by molar-refractivity contribution is 7.08. The smallest absolute Gasteiger partial charge is 0.252 e. The quantitative estimate of drug-likeness (QED) is 0.785. The number of piperidine rings is 2. The predicted molar refractivity (Wildman–Crippen MR) is 105 cm³/mol. The molecule has 0 bridgehead atoms. The van der Waals surface area contributed by atoms with E-state index in [1.807, 2.05) is 21.7 Å². The summed E-state index contributed by atoms with van der Waals surface area (Å²) in [6, 6.07) is 2.17. The number of rotatable bonds is 5. The van der Waals surface area contributed by atoms with E-state index in [4.69, 9.17) is 0 Å². The van der Waals surface area contributed by atoms with Crippen LogP contribution in [0, 0.1) is 0 Å². The topological polar surface area (TPSA) is 81.8 Å². The summed E-state index contributed by atoms with van der Waals surface area (Å²) in [5.41, 5.74) is 0.720. The molecule has 2 saturated heterocycles. The van der Waals surface area contributed by atoms with Crippen LogP contribution in [0.25, 0.3) is 0 Å². The summed E-state index contributed by atoms with van der Waals surface area (Å²) in [5.74, 6) is 0.148. The molecule has 1 aromatic heterocycles. The molecule has 0 saturated carbocycles. The zero-order valence-electron chi connectivity index (χ0n) is 15.8. The number of nitrogens with zero attached hydrogens (tertiary/aromatic N) is 2. The zero-order valence-corrected chi connectivity index (χ0v) is 16.6. The Bertz CT molecular complexity index is 648. The molecule has 1 aromatic rings. The molecule has 2 N–H and O–H groups in total. The summed E-state index contributed by atoms with van der Waals surface area (Å²) >= 11 is 1.52. The van der Waals surface area contributed by atoms with E-state index in [1.165, 1.54) is 11.3 Å². The molecule has 0 aromatic carbocycles. The lowest BCUT2D eigenvalue weighted by Gasteiger charge is -2.34. The lowest BCUT2D eigenvalue weighted by Crippen LogP contribution is -2.50. The fraction of sp³-hybridized carbons (Fsp3) is 0.632. The minimum absolute atomic E-state index is 0.00986. The van der Waals surface area contributed by atoms with Crippen molar-refractivity contribution in [2.75, 3.05) is 32.7 Å². The van der Waals surface area contributed by atoms with Gasteiger partial charge in [-0.2, -0.15) is 11.3 Å². The molecule has 0 radical (unpaired) electrons. The van der Waals surface area contributed by atoms with Crippen LogP contribution in [-0.2, 0) is 9.59 Å². The third kappa shape index (κ3) is 5.77. The Kier molecular flexibility index (Phi) is 6.84. The first-order chi connectivity index (χ1) is 13.0. The van der Waals surface area contributed by atoms with Crippen LogP contribution >= 0.6 is 11.3 Å². The molecule has 0 aliphatic carbocycles. The minimum atomic E-state index is -0.00986. The first-order valence-corrected chi connectivity index (χ1v) is 10.6. The van der Waals surface area contributed by atoms with Gasteiger partial charge in [0.1, 0.15) is 0 Å². The number of hydrogen-bond acceptors (Lipinski definition) is 5. The lowest BCUT2D eigenvalue weighted by molar-refractivity contribution is -0.130. The molecule has 8 heteroatoms. The lowest BCUT2D eigenvalue weighted by atomic mass is 10.0. The van der Waals surface area contributed by atoms with Crippen molar-refractivity contribution in [1.29, 1.82) is 0 Å². The fourth-order valence-electron chi connectivity index (χ4n) is 3.71. The minimum Gasteiger partial charge on any atom is -0.352 e. The summed E-state index contributed by atoms with van der Waals surface area (Å²) < 4.78 is 0. The average molecular weight is 393 g/mol. The van der Waals surface area contributed by atoms with Gasteiger partial charge in [0.05, 0.1) is 6.54 Å². The molecule has 27 heavy (non-hydrogen) atoms. The summed E-state index contributed by atoms with van der Waals surface area (Å²) in [7, 11) is 0. The summed E-state index contributed by atoms with van der Waals surface area (Å²) in [4.78, 5) is 39.8. The Balaban J connectivity index is 1.33. The molecule has 3 amide bonds. The van der Waals surface area contributed by atoms with Crippen molar-refractivity contribution in [2.45, 2.75) is 44.7 Å². The summed E-state index contributed by atoms with van der Waals surface area (Å²) in [5, 5.41) is 9.94. The van der Waals surface area contributed by atoms with Gasteiger partial charge >= 0.3 is 0 Å². The van der Waals surface area contributed by atoms with E-state index >= 15 is 0 Å². The first kappa shape index (κ1) is 19.8. The normalized spacial score (nSPS) is 19.7. The highest BCUT2D eigenvalue weighted by Gasteiger charge is 2.25. The molecule has 0 atom stereocenters. The molecule has 0 unspecified atom stereocenters. The number of amides is 3. The van der Waals surface area contributed by atoms with Gasteiger partial charge in [0.15, 0.2) is 0 Å². The Morgan fingerprint density at radius 2 is 1.67 bits per heavy atom.